The van der Waals surface area contributed by atoms with Crippen molar-refractivity contribution >= 4 is 15.9 Å². The van der Waals surface area contributed by atoms with Gasteiger partial charge in [-0.05, 0) is 31.0 Å². The van der Waals surface area contributed by atoms with Crippen LogP contribution < -0.4 is 4.74 Å². The smallest absolute Gasteiger partial charge is 0.125 e. The van der Waals surface area contributed by atoms with Crippen LogP contribution >= 0.6 is 15.9 Å². The Hall–Kier alpha value is -1.28. The molecule has 2 aromatic carbocycles. The van der Waals surface area contributed by atoms with Crippen molar-refractivity contribution in [2.75, 3.05) is 0 Å². The summed E-state index contributed by atoms with van der Waals surface area (Å²) in [6.45, 7) is 4.73. The zero-order valence-corrected chi connectivity index (χ0v) is 11.6. The average molecular weight is 291 g/mol. The zero-order chi connectivity index (χ0) is 12.3. The molecule has 0 spiro atoms. The number of hydrogen-bond donors (Lipinski definition) is 0. The minimum absolute atomic E-state index is 0.590. The van der Waals surface area contributed by atoms with Gasteiger partial charge >= 0.3 is 0 Å². The Balaban J connectivity index is 2.16. The molecule has 0 bridgehead atoms. The Morgan fingerprint density at radius 1 is 0.941 bits per heavy atom. The molecule has 17 heavy (non-hydrogen) atoms. The summed E-state index contributed by atoms with van der Waals surface area (Å²) in [7, 11) is 0. The summed E-state index contributed by atoms with van der Waals surface area (Å²) >= 11 is 3.53. The predicted molar refractivity (Wildman–Crippen MR) is 74.4 cm³/mol. The van der Waals surface area contributed by atoms with Gasteiger partial charge in [-0.3, -0.25) is 0 Å². The van der Waals surface area contributed by atoms with E-state index in [-0.39, 0.29) is 0 Å². The molecule has 0 saturated heterocycles. The van der Waals surface area contributed by atoms with Crippen LogP contribution in [-0.2, 0) is 6.61 Å². The van der Waals surface area contributed by atoms with Crippen molar-refractivity contribution in [3.05, 3.63) is 63.6 Å². The molecule has 0 aliphatic carbocycles. The van der Waals surface area contributed by atoms with Crippen LogP contribution in [0.2, 0.25) is 0 Å². The van der Waals surface area contributed by atoms with Crippen LogP contribution in [0, 0.1) is 13.8 Å². The summed E-state index contributed by atoms with van der Waals surface area (Å²) in [4.78, 5) is 0. The molecule has 0 aromatic heterocycles. The van der Waals surface area contributed by atoms with Crippen molar-refractivity contribution in [1.29, 1.82) is 0 Å². The third kappa shape index (κ3) is 2.89. The molecule has 0 fully saturated rings. The van der Waals surface area contributed by atoms with Crippen molar-refractivity contribution in [2.45, 2.75) is 20.5 Å². The van der Waals surface area contributed by atoms with Gasteiger partial charge in [0.25, 0.3) is 0 Å². The molecule has 0 aliphatic heterocycles. The number of benzene rings is 2. The third-order valence-corrected chi connectivity index (χ3v) is 3.51. The van der Waals surface area contributed by atoms with Gasteiger partial charge in [0.1, 0.15) is 12.4 Å². The molecule has 1 nitrogen and oxygen atoms in total. The van der Waals surface area contributed by atoms with Gasteiger partial charge in [-0.25, -0.2) is 0 Å². The van der Waals surface area contributed by atoms with Gasteiger partial charge in [0, 0.05) is 10.0 Å². The molecule has 0 radical (unpaired) electrons. The van der Waals surface area contributed by atoms with Crippen molar-refractivity contribution in [3.63, 3.8) is 0 Å². The van der Waals surface area contributed by atoms with Crippen molar-refractivity contribution in [3.8, 4) is 5.75 Å². The lowest BCUT2D eigenvalue weighted by atomic mass is 10.1. The van der Waals surface area contributed by atoms with Crippen molar-refractivity contribution in [1.82, 2.24) is 0 Å². The quantitative estimate of drug-likeness (QED) is 0.800. The second kappa shape index (κ2) is 5.37. The molecule has 0 N–H and O–H groups in total. The lowest BCUT2D eigenvalue weighted by Gasteiger charge is -2.12. The number of rotatable bonds is 3. The van der Waals surface area contributed by atoms with E-state index < -0.39 is 0 Å². The molecular weight excluding hydrogens is 276 g/mol. The van der Waals surface area contributed by atoms with E-state index in [0.29, 0.717) is 6.61 Å². The van der Waals surface area contributed by atoms with E-state index >= 15 is 0 Å². The summed E-state index contributed by atoms with van der Waals surface area (Å²) < 4.78 is 6.99. The van der Waals surface area contributed by atoms with Crippen molar-refractivity contribution < 1.29 is 4.74 Å². The first-order valence-corrected chi connectivity index (χ1v) is 6.40. The molecule has 0 amide bonds. The van der Waals surface area contributed by atoms with Crippen LogP contribution in [-0.4, -0.2) is 0 Å². The molecule has 0 heterocycles. The Bertz CT molecular complexity index is 500. The third-order valence-electron chi connectivity index (χ3n) is 2.74. The van der Waals surface area contributed by atoms with Gasteiger partial charge in [-0.15, -0.1) is 0 Å². The maximum atomic E-state index is 5.90. The van der Waals surface area contributed by atoms with E-state index in [2.05, 4.69) is 54.0 Å². The Morgan fingerprint density at radius 2 is 1.59 bits per heavy atom. The van der Waals surface area contributed by atoms with E-state index in [1.165, 1.54) is 11.1 Å². The first-order valence-electron chi connectivity index (χ1n) is 5.61. The standard InChI is InChI=1S/C15H15BrO/c1-11-6-5-7-12(2)15(11)17-10-13-8-3-4-9-14(13)16/h3-9H,10H2,1-2H3. The maximum Gasteiger partial charge on any atom is 0.125 e. The summed E-state index contributed by atoms with van der Waals surface area (Å²) in [5.74, 6) is 0.989. The molecule has 0 saturated carbocycles. The van der Waals surface area contributed by atoms with Crippen LogP contribution in [0.4, 0.5) is 0 Å². The molecule has 2 aromatic rings. The molecule has 0 aliphatic rings. The van der Waals surface area contributed by atoms with E-state index in [1.54, 1.807) is 0 Å². The Labute approximate surface area is 111 Å². The topological polar surface area (TPSA) is 9.23 Å². The summed E-state index contributed by atoms with van der Waals surface area (Å²) in [5.41, 5.74) is 3.52. The van der Waals surface area contributed by atoms with Gasteiger partial charge in [-0.2, -0.15) is 0 Å². The van der Waals surface area contributed by atoms with Crippen molar-refractivity contribution in [2.24, 2.45) is 0 Å². The Kier molecular flexibility index (Phi) is 3.85. The number of aryl methyl sites for hydroxylation is 2. The first kappa shape index (κ1) is 12.2. The fraction of sp³-hybridized carbons (Fsp3) is 0.200. The zero-order valence-electron chi connectivity index (χ0n) is 10.0. The molecule has 0 atom stereocenters. The summed E-state index contributed by atoms with van der Waals surface area (Å²) in [6, 6.07) is 14.3. The largest absolute Gasteiger partial charge is 0.488 e. The monoisotopic (exact) mass is 290 g/mol. The van der Waals surface area contributed by atoms with Crippen LogP contribution in [0.5, 0.6) is 5.75 Å². The fourth-order valence-electron chi connectivity index (χ4n) is 1.79. The van der Waals surface area contributed by atoms with Crippen LogP contribution in [0.3, 0.4) is 0 Å². The highest BCUT2D eigenvalue weighted by Crippen LogP contribution is 2.25. The average Bonchev–Trinajstić information content (AvgIpc) is 2.30. The second-order valence-electron chi connectivity index (χ2n) is 4.10. The highest BCUT2D eigenvalue weighted by Gasteiger charge is 2.04. The van der Waals surface area contributed by atoms with Crippen LogP contribution in [0.25, 0.3) is 0 Å². The van der Waals surface area contributed by atoms with E-state index in [9.17, 15) is 0 Å². The maximum absolute atomic E-state index is 5.90. The van der Waals surface area contributed by atoms with Gasteiger partial charge in [0.2, 0.25) is 0 Å². The molecule has 88 valence electrons. The highest BCUT2D eigenvalue weighted by molar-refractivity contribution is 9.10. The predicted octanol–water partition coefficient (Wildman–Crippen LogP) is 4.64. The lowest BCUT2D eigenvalue weighted by Crippen LogP contribution is -1.99. The number of para-hydroxylation sites is 1. The molecule has 0 unspecified atom stereocenters. The minimum Gasteiger partial charge on any atom is -0.488 e. The van der Waals surface area contributed by atoms with Gasteiger partial charge in [0.15, 0.2) is 0 Å². The van der Waals surface area contributed by atoms with Gasteiger partial charge < -0.3 is 4.74 Å². The number of halogens is 1. The molecular formula is C15H15BrO. The first-order chi connectivity index (χ1) is 8.18. The number of ether oxygens (including phenoxy) is 1. The lowest BCUT2D eigenvalue weighted by molar-refractivity contribution is 0.301. The molecule has 2 heteroatoms. The second-order valence-corrected chi connectivity index (χ2v) is 4.96. The Morgan fingerprint density at radius 3 is 2.24 bits per heavy atom. The van der Waals surface area contributed by atoms with Crippen LogP contribution in [0.15, 0.2) is 46.9 Å². The van der Waals surface area contributed by atoms with E-state index in [4.69, 9.17) is 4.74 Å². The summed E-state index contributed by atoms with van der Waals surface area (Å²) in [5, 5.41) is 0. The SMILES string of the molecule is Cc1cccc(C)c1OCc1ccccc1Br. The molecule has 2 rings (SSSR count). The van der Waals surface area contributed by atoms with E-state index in [0.717, 1.165) is 15.8 Å². The van der Waals surface area contributed by atoms with E-state index in [1.807, 2.05) is 18.2 Å². The van der Waals surface area contributed by atoms with Gasteiger partial charge in [-0.1, -0.05) is 52.3 Å². The fourth-order valence-corrected chi connectivity index (χ4v) is 2.19. The number of hydrogen-bond acceptors (Lipinski definition) is 1. The highest BCUT2D eigenvalue weighted by atomic mass is 79.9. The minimum atomic E-state index is 0.590. The van der Waals surface area contributed by atoms with Crippen LogP contribution in [0.1, 0.15) is 16.7 Å². The summed E-state index contributed by atoms with van der Waals surface area (Å²) in [6.07, 6.45) is 0. The normalized spacial score (nSPS) is 10.3. The van der Waals surface area contributed by atoms with Gasteiger partial charge in [0.05, 0.1) is 0 Å².